The van der Waals surface area contributed by atoms with Crippen molar-refractivity contribution in [2.24, 2.45) is 0 Å². The zero-order chi connectivity index (χ0) is 13.7. The summed E-state index contributed by atoms with van der Waals surface area (Å²) in [5, 5.41) is 1.92. The van der Waals surface area contributed by atoms with Gasteiger partial charge in [0.05, 0.1) is 23.4 Å². The maximum absolute atomic E-state index is 11.9. The van der Waals surface area contributed by atoms with Crippen LogP contribution >= 0.6 is 11.3 Å². The van der Waals surface area contributed by atoms with Crippen molar-refractivity contribution in [1.29, 1.82) is 0 Å². The van der Waals surface area contributed by atoms with Crippen LogP contribution in [0.15, 0.2) is 35.2 Å². The summed E-state index contributed by atoms with van der Waals surface area (Å²) in [6, 6.07) is 7.11. The Bertz CT molecular complexity index is 543. The van der Waals surface area contributed by atoms with Crippen LogP contribution in [0.1, 0.15) is 5.69 Å². The lowest BCUT2D eigenvalue weighted by Crippen LogP contribution is -2.31. The molecule has 2 N–H and O–H groups in total. The molecule has 1 heterocycles. The molecule has 0 aliphatic rings. The molecule has 19 heavy (non-hydrogen) atoms. The number of likely N-dealkylation sites (N-methyl/N-ethyl adjacent to an activating group) is 1. The largest absolute Gasteiger partial charge is 0.482 e. The van der Waals surface area contributed by atoms with E-state index in [2.05, 4.69) is 4.98 Å². The Morgan fingerprint density at radius 2 is 2.26 bits per heavy atom. The molecule has 6 heteroatoms. The van der Waals surface area contributed by atoms with Gasteiger partial charge in [0.25, 0.3) is 5.91 Å². The highest BCUT2D eigenvalue weighted by Gasteiger charge is 2.11. The van der Waals surface area contributed by atoms with Crippen LogP contribution in [0.2, 0.25) is 0 Å². The van der Waals surface area contributed by atoms with Crippen molar-refractivity contribution < 1.29 is 9.53 Å². The van der Waals surface area contributed by atoms with Gasteiger partial charge in [0.2, 0.25) is 0 Å². The van der Waals surface area contributed by atoms with E-state index in [0.29, 0.717) is 18.0 Å². The van der Waals surface area contributed by atoms with Crippen LogP contribution in [0.4, 0.5) is 5.69 Å². The molecule has 0 aliphatic carbocycles. The van der Waals surface area contributed by atoms with Crippen molar-refractivity contribution in [1.82, 2.24) is 9.88 Å². The molecule has 100 valence electrons. The van der Waals surface area contributed by atoms with Gasteiger partial charge in [0, 0.05) is 12.4 Å². The topological polar surface area (TPSA) is 68.5 Å². The predicted molar refractivity (Wildman–Crippen MR) is 74.9 cm³/mol. The van der Waals surface area contributed by atoms with Gasteiger partial charge in [-0.2, -0.15) is 0 Å². The van der Waals surface area contributed by atoms with Gasteiger partial charge < -0.3 is 15.4 Å². The molecule has 2 rings (SSSR count). The Morgan fingerprint density at radius 3 is 2.95 bits per heavy atom. The van der Waals surface area contributed by atoms with Crippen molar-refractivity contribution in [3.05, 3.63) is 40.8 Å². The number of amides is 1. The van der Waals surface area contributed by atoms with E-state index in [1.807, 2.05) is 17.5 Å². The summed E-state index contributed by atoms with van der Waals surface area (Å²) in [6.45, 7) is 0.449. The second-order valence-corrected chi connectivity index (χ2v) is 4.77. The number of nitrogens with two attached hydrogens (primary N) is 1. The van der Waals surface area contributed by atoms with E-state index >= 15 is 0 Å². The highest BCUT2D eigenvalue weighted by atomic mass is 32.1. The minimum Gasteiger partial charge on any atom is -0.482 e. The van der Waals surface area contributed by atoms with Crippen LogP contribution in [0.3, 0.4) is 0 Å². The van der Waals surface area contributed by atoms with E-state index in [0.717, 1.165) is 5.69 Å². The number of benzene rings is 1. The number of nitrogens with zero attached hydrogens (tertiary/aromatic N) is 2. The number of aromatic nitrogens is 1. The molecule has 1 aromatic carbocycles. The number of anilines is 1. The Balaban J connectivity index is 1.86. The van der Waals surface area contributed by atoms with E-state index in [1.165, 1.54) is 11.3 Å². The molecule has 2 aromatic rings. The lowest BCUT2D eigenvalue weighted by atomic mass is 10.3. The molecule has 0 unspecified atom stereocenters. The molecule has 0 radical (unpaired) electrons. The molecule has 1 amide bonds. The smallest absolute Gasteiger partial charge is 0.260 e. The monoisotopic (exact) mass is 277 g/mol. The third kappa shape index (κ3) is 3.69. The first-order chi connectivity index (χ1) is 9.16. The van der Waals surface area contributed by atoms with Gasteiger partial charge in [-0.05, 0) is 12.1 Å². The van der Waals surface area contributed by atoms with Gasteiger partial charge in [0.1, 0.15) is 5.75 Å². The summed E-state index contributed by atoms with van der Waals surface area (Å²) in [6.07, 6.45) is 0. The van der Waals surface area contributed by atoms with Crippen LogP contribution in [0.25, 0.3) is 0 Å². The van der Waals surface area contributed by atoms with Gasteiger partial charge in [-0.3, -0.25) is 4.79 Å². The molecular weight excluding hydrogens is 262 g/mol. The lowest BCUT2D eigenvalue weighted by molar-refractivity contribution is -0.132. The number of hydrogen-bond acceptors (Lipinski definition) is 5. The highest BCUT2D eigenvalue weighted by Crippen LogP contribution is 2.19. The Kier molecular flexibility index (Phi) is 4.35. The summed E-state index contributed by atoms with van der Waals surface area (Å²) in [4.78, 5) is 17.6. The number of carbonyl (C=O) groups is 1. The van der Waals surface area contributed by atoms with Crippen molar-refractivity contribution >= 4 is 22.9 Å². The zero-order valence-corrected chi connectivity index (χ0v) is 11.4. The van der Waals surface area contributed by atoms with E-state index in [9.17, 15) is 4.79 Å². The number of carbonyl (C=O) groups excluding carboxylic acids is 1. The van der Waals surface area contributed by atoms with E-state index in [1.54, 1.807) is 29.6 Å². The summed E-state index contributed by atoms with van der Waals surface area (Å²) < 4.78 is 5.40. The van der Waals surface area contributed by atoms with Crippen molar-refractivity contribution in [3.63, 3.8) is 0 Å². The molecule has 0 saturated carbocycles. The first-order valence-electron chi connectivity index (χ1n) is 5.75. The van der Waals surface area contributed by atoms with Crippen LogP contribution in [0.5, 0.6) is 5.75 Å². The molecule has 0 fully saturated rings. The van der Waals surface area contributed by atoms with Gasteiger partial charge in [-0.1, -0.05) is 12.1 Å². The van der Waals surface area contributed by atoms with Gasteiger partial charge in [0.15, 0.2) is 6.61 Å². The maximum atomic E-state index is 11.9. The van der Waals surface area contributed by atoms with Crippen LogP contribution in [0, 0.1) is 0 Å². The summed E-state index contributed by atoms with van der Waals surface area (Å²) in [5.41, 5.74) is 8.88. The first kappa shape index (κ1) is 13.4. The van der Waals surface area contributed by atoms with Crippen LogP contribution in [-0.4, -0.2) is 29.4 Å². The second kappa shape index (κ2) is 6.19. The minimum atomic E-state index is -0.115. The molecule has 1 aromatic heterocycles. The first-order valence-corrected chi connectivity index (χ1v) is 6.69. The quantitative estimate of drug-likeness (QED) is 0.846. The lowest BCUT2D eigenvalue weighted by Gasteiger charge is -2.16. The molecule has 0 saturated heterocycles. The van der Waals surface area contributed by atoms with Crippen LogP contribution < -0.4 is 10.5 Å². The van der Waals surface area contributed by atoms with Crippen molar-refractivity contribution in [3.8, 4) is 5.75 Å². The molecule has 0 bridgehead atoms. The van der Waals surface area contributed by atoms with Crippen molar-refractivity contribution in [2.45, 2.75) is 6.54 Å². The van der Waals surface area contributed by atoms with E-state index in [-0.39, 0.29) is 12.5 Å². The average molecular weight is 277 g/mol. The Labute approximate surface area is 115 Å². The van der Waals surface area contributed by atoms with Gasteiger partial charge >= 0.3 is 0 Å². The number of rotatable bonds is 5. The van der Waals surface area contributed by atoms with Crippen molar-refractivity contribution in [2.75, 3.05) is 19.4 Å². The van der Waals surface area contributed by atoms with Crippen LogP contribution in [-0.2, 0) is 11.3 Å². The Hall–Kier alpha value is -2.08. The molecule has 0 spiro atoms. The highest BCUT2D eigenvalue weighted by molar-refractivity contribution is 7.07. The molecule has 0 aliphatic heterocycles. The standard InChI is InChI=1S/C13H15N3O2S/c1-16(6-10-8-19-9-15-10)13(17)7-18-12-5-3-2-4-11(12)14/h2-5,8-9H,6-7,14H2,1H3. The number of thiazole rings is 1. The SMILES string of the molecule is CN(Cc1cscn1)C(=O)COc1ccccc1N. The summed E-state index contributed by atoms with van der Waals surface area (Å²) in [5.74, 6) is 0.411. The molecular formula is C13H15N3O2S. The zero-order valence-electron chi connectivity index (χ0n) is 10.6. The van der Waals surface area contributed by atoms with E-state index < -0.39 is 0 Å². The minimum absolute atomic E-state index is 0.0329. The van der Waals surface area contributed by atoms with E-state index in [4.69, 9.17) is 10.5 Å². The fourth-order valence-corrected chi connectivity index (χ4v) is 2.06. The molecule has 0 atom stereocenters. The van der Waals surface area contributed by atoms with Gasteiger partial charge in [-0.15, -0.1) is 11.3 Å². The normalized spacial score (nSPS) is 10.2. The third-order valence-electron chi connectivity index (χ3n) is 2.58. The fraction of sp³-hybridized carbons (Fsp3) is 0.231. The third-order valence-corrected chi connectivity index (χ3v) is 3.21. The summed E-state index contributed by atoms with van der Waals surface area (Å²) >= 11 is 1.51. The maximum Gasteiger partial charge on any atom is 0.260 e. The second-order valence-electron chi connectivity index (χ2n) is 4.06. The number of hydrogen-bond donors (Lipinski definition) is 1. The molecule has 5 nitrogen and oxygen atoms in total. The summed E-state index contributed by atoms with van der Waals surface area (Å²) in [7, 11) is 1.72. The predicted octanol–water partition coefficient (Wildman–Crippen LogP) is 1.76. The number of nitrogen functional groups attached to an aromatic ring is 1. The Morgan fingerprint density at radius 1 is 1.47 bits per heavy atom. The number of ether oxygens (including phenoxy) is 1. The van der Waals surface area contributed by atoms with Gasteiger partial charge in [-0.25, -0.2) is 4.98 Å². The fourth-order valence-electron chi connectivity index (χ4n) is 1.51. The number of para-hydroxylation sites is 2. The average Bonchev–Trinajstić information content (AvgIpc) is 2.90.